The first-order valence-electron chi connectivity index (χ1n) is 8.82. The van der Waals surface area contributed by atoms with Gasteiger partial charge in [0.15, 0.2) is 0 Å². The molecule has 1 nitrogen and oxygen atoms in total. The van der Waals surface area contributed by atoms with Gasteiger partial charge in [-0.2, -0.15) is 0 Å². The Morgan fingerprint density at radius 2 is 1.15 bits per heavy atom. The summed E-state index contributed by atoms with van der Waals surface area (Å²) in [5, 5.41) is 5.16. The third-order valence-electron chi connectivity index (χ3n) is 4.92. The van der Waals surface area contributed by atoms with Crippen LogP contribution in [0.5, 0.6) is 0 Å². The average molecular weight is 331 g/mol. The molecule has 0 fully saturated rings. The van der Waals surface area contributed by atoms with Gasteiger partial charge in [0.05, 0.1) is 5.69 Å². The molecule has 0 saturated carbocycles. The molecule has 5 aromatic rings. The predicted octanol–water partition coefficient (Wildman–Crippen LogP) is 6.72. The van der Waals surface area contributed by atoms with Crippen LogP contribution >= 0.6 is 0 Å². The number of nitrogens with zero attached hydrogens (tertiary/aromatic N) is 1. The highest BCUT2D eigenvalue weighted by atomic mass is 14.7. The van der Waals surface area contributed by atoms with Crippen LogP contribution in [-0.4, -0.2) is 4.98 Å². The average Bonchev–Trinajstić information content (AvgIpc) is 2.74. The maximum absolute atomic E-state index is 4.44. The van der Waals surface area contributed by atoms with Gasteiger partial charge in [0.25, 0.3) is 0 Å². The number of aromatic nitrogens is 1. The highest BCUT2D eigenvalue weighted by Crippen LogP contribution is 2.35. The zero-order valence-corrected chi connectivity index (χ0v) is 14.3. The van der Waals surface area contributed by atoms with Crippen LogP contribution < -0.4 is 0 Å². The molecule has 26 heavy (non-hydrogen) atoms. The van der Waals surface area contributed by atoms with Gasteiger partial charge in [-0.25, -0.2) is 0 Å². The molecule has 0 unspecified atom stereocenters. The molecule has 0 spiro atoms. The van der Waals surface area contributed by atoms with Crippen LogP contribution in [-0.2, 0) is 0 Å². The molecule has 1 heterocycles. The van der Waals surface area contributed by atoms with Crippen LogP contribution in [0.25, 0.3) is 43.9 Å². The molecule has 0 amide bonds. The lowest BCUT2D eigenvalue weighted by Gasteiger charge is -2.11. The van der Waals surface area contributed by atoms with Crippen molar-refractivity contribution in [1.82, 2.24) is 4.98 Å². The van der Waals surface area contributed by atoms with E-state index in [4.69, 9.17) is 0 Å². The van der Waals surface area contributed by atoms with Crippen LogP contribution in [0.3, 0.4) is 0 Å². The summed E-state index contributed by atoms with van der Waals surface area (Å²) < 4.78 is 0. The number of hydrogen-bond donors (Lipinski definition) is 0. The molecule has 0 aliphatic heterocycles. The Kier molecular flexibility index (Phi) is 3.50. The van der Waals surface area contributed by atoms with Gasteiger partial charge < -0.3 is 0 Å². The third kappa shape index (κ3) is 2.46. The van der Waals surface area contributed by atoms with Crippen molar-refractivity contribution in [2.75, 3.05) is 0 Å². The third-order valence-corrected chi connectivity index (χ3v) is 4.92. The molecule has 0 atom stereocenters. The van der Waals surface area contributed by atoms with E-state index in [0.29, 0.717) is 0 Å². The van der Waals surface area contributed by atoms with Gasteiger partial charge in [-0.15, -0.1) is 0 Å². The fourth-order valence-corrected chi connectivity index (χ4v) is 3.65. The minimum absolute atomic E-state index is 1.00. The van der Waals surface area contributed by atoms with Gasteiger partial charge in [0.1, 0.15) is 0 Å². The second-order valence-corrected chi connectivity index (χ2v) is 6.48. The van der Waals surface area contributed by atoms with Crippen LogP contribution in [0.4, 0.5) is 0 Å². The van der Waals surface area contributed by atoms with E-state index in [1.54, 1.807) is 0 Å². The Morgan fingerprint density at radius 1 is 0.500 bits per heavy atom. The standard InChI is InChI=1S/C25H17N/c1-2-8-21-20(7-1)17-24(23-10-4-3-9-22(21)23)18-12-14-19(15-13-18)25-11-5-6-16-26-25/h1-17H. The Hall–Kier alpha value is -3.45. The number of fused-ring (bicyclic) bond motifs is 3. The van der Waals surface area contributed by atoms with Crippen molar-refractivity contribution >= 4 is 21.5 Å². The van der Waals surface area contributed by atoms with E-state index in [0.717, 1.165) is 11.3 Å². The molecule has 0 N–H and O–H groups in total. The molecule has 122 valence electrons. The normalized spacial score (nSPS) is 11.1. The van der Waals surface area contributed by atoms with Gasteiger partial charge in [0, 0.05) is 11.8 Å². The van der Waals surface area contributed by atoms with Crippen LogP contribution in [0, 0.1) is 0 Å². The number of rotatable bonds is 2. The molecule has 0 radical (unpaired) electrons. The van der Waals surface area contributed by atoms with Gasteiger partial charge in [0.2, 0.25) is 0 Å². The highest BCUT2D eigenvalue weighted by Gasteiger charge is 2.08. The van der Waals surface area contributed by atoms with Crippen LogP contribution in [0.2, 0.25) is 0 Å². The van der Waals surface area contributed by atoms with Crippen LogP contribution in [0.1, 0.15) is 0 Å². The maximum atomic E-state index is 4.44. The largest absolute Gasteiger partial charge is 0.256 e. The number of hydrogen-bond acceptors (Lipinski definition) is 1. The minimum atomic E-state index is 1.00. The van der Waals surface area contributed by atoms with Gasteiger partial charge in [-0.05, 0) is 50.9 Å². The lowest BCUT2D eigenvalue weighted by molar-refractivity contribution is 1.33. The van der Waals surface area contributed by atoms with E-state index in [9.17, 15) is 0 Å². The fraction of sp³-hybridized carbons (Fsp3) is 0. The summed E-state index contributed by atoms with van der Waals surface area (Å²) in [6.07, 6.45) is 1.83. The number of benzene rings is 4. The SMILES string of the molecule is c1ccc(-c2ccc(-c3cc4ccccc4c4ccccc34)cc2)nc1. The summed E-state index contributed by atoms with van der Waals surface area (Å²) in [5.41, 5.74) is 4.64. The van der Waals surface area contributed by atoms with E-state index in [1.807, 2.05) is 24.4 Å². The van der Waals surface area contributed by atoms with Gasteiger partial charge >= 0.3 is 0 Å². The van der Waals surface area contributed by atoms with Gasteiger partial charge in [-0.3, -0.25) is 4.98 Å². The lowest BCUT2D eigenvalue weighted by Crippen LogP contribution is -1.86. The van der Waals surface area contributed by atoms with Crippen molar-refractivity contribution < 1.29 is 0 Å². The van der Waals surface area contributed by atoms with E-state index < -0.39 is 0 Å². The molecule has 1 aromatic heterocycles. The molecular weight excluding hydrogens is 314 g/mol. The summed E-state index contributed by atoms with van der Waals surface area (Å²) in [6.45, 7) is 0. The van der Waals surface area contributed by atoms with Crippen molar-refractivity contribution in [3.63, 3.8) is 0 Å². The fourth-order valence-electron chi connectivity index (χ4n) is 3.65. The Balaban J connectivity index is 1.71. The van der Waals surface area contributed by atoms with Crippen molar-refractivity contribution in [2.45, 2.75) is 0 Å². The summed E-state index contributed by atoms with van der Waals surface area (Å²) in [6, 6.07) is 34.3. The molecule has 0 saturated heterocycles. The van der Waals surface area contributed by atoms with E-state index in [-0.39, 0.29) is 0 Å². The molecule has 1 heteroatoms. The van der Waals surface area contributed by atoms with E-state index in [2.05, 4.69) is 83.8 Å². The zero-order chi connectivity index (χ0) is 17.3. The molecule has 5 rings (SSSR count). The second kappa shape index (κ2) is 6.12. The van der Waals surface area contributed by atoms with Crippen LogP contribution in [0.15, 0.2) is 103 Å². The van der Waals surface area contributed by atoms with Crippen molar-refractivity contribution in [3.8, 4) is 22.4 Å². The van der Waals surface area contributed by atoms with E-state index >= 15 is 0 Å². The lowest BCUT2D eigenvalue weighted by atomic mass is 9.93. The predicted molar refractivity (Wildman–Crippen MR) is 110 cm³/mol. The minimum Gasteiger partial charge on any atom is -0.256 e. The topological polar surface area (TPSA) is 12.9 Å². The van der Waals surface area contributed by atoms with E-state index in [1.165, 1.54) is 32.7 Å². The summed E-state index contributed by atoms with van der Waals surface area (Å²) in [5.74, 6) is 0. The molecule has 0 aliphatic carbocycles. The molecule has 0 aliphatic rings. The van der Waals surface area contributed by atoms with Crippen molar-refractivity contribution in [1.29, 1.82) is 0 Å². The zero-order valence-electron chi connectivity index (χ0n) is 14.3. The second-order valence-electron chi connectivity index (χ2n) is 6.48. The maximum Gasteiger partial charge on any atom is 0.0701 e. The first-order valence-corrected chi connectivity index (χ1v) is 8.82. The summed E-state index contributed by atoms with van der Waals surface area (Å²) in [4.78, 5) is 4.44. The van der Waals surface area contributed by atoms with Crippen molar-refractivity contribution in [3.05, 3.63) is 103 Å². The quantitative estimate of drug-likeness (QED) is 0.327. The van der Waals surface area contributed by atoms with Gasteiger partial charge in [-0.1, -0.05) is 78.9 Å². The summed E-state index contributed by atoms with van der Waals surface area (Å²) in [7, 11) is 0. The first-order chi connectivity index (χ1) is 12.9. The Morgan fingerprint density at radius 3 is 1.92 bits per heavy atom. The summed E-state index contributed by atoms with van der Waals surface area (Å²) >= 11 is 0. The molecular formula is C25H17N. The number of pyridine rings is 1. The Labute approximate surface area is 152 Å². The first kappa shape index (κ1) is 14.9. The molecule has 0 bridgehead atoms. The monoisotopic (exact) mass is 331 g/mol. The smallest absolute Gasteiger partial charge is 0.0701 e. The van der Waals surface area contributed by atoms with Crippen molar-refractivity contribution in [2.24, 2.45) is 0 Å². The highest BCUT2D eigenvalue weighted by molar-refractivity contribution is 6.13. The Bertz CT molecular complexity index is 1210. The molecule has 4 aromatic carbocycles.